The fraction of sp³-hybridized carbons (Fsp3) is 0.500. The fourth-order valence-corrected chi connectivity index (χ4v) is 4.64. The second-order valence-electron chi connectivity index (χ2n) is 5.59. The summed E-state index contributed by atoms with van der Waals surface area (Å²) in [6.45, 7) is 1.59. The van der Waals surface area contributed by atoms with E-state index >= 15 is 0 Å². The minimum Gasteiger partial charge on any atom is -0.468 e. The van der Waals surface area contributed by atoms with Gasteiger partial charge in [0.1, 0.15) is 6.04 Å². The SMILES string of the molecule is COC(=O)[C@@H]1C[C@@H](OS(=O)(=O)c2ccc(C)cc2)CN1S(C)(=O)=O. The molecule has 8 nitrogen and oxygen atoms in total. The van der Waals surface area contributed by atoms with Crippen molar-refractivity contribution in [2.75, 3.05) is 19.9 Å². The van der Waals surface area contributed by atoms with Crippen LogP contribution in [0.1, 0.15) is 12.0 Å². The van der Waals surface area contributed by atoms with E-state index in [0.29, 0.717) is 0 Å². The molecule has 0 radical (unpaired) electrons. The molecule has 0 unspecified atom stereocenters. The lowest BCUT2D eigenvalue weighted by Gasteiger charge is -2.19. The maximum absolute atomic E-state index is 12.3. The Bertz CT molecular complexity index is 815. The number of hydrogen-bond acceptors (Lipinski definition) is 7. The molecule has 0 aliphatic carbocycles. The van der Waals surface area contributed by atoms with E-state index in [2.05, 4.69) is 4.74 Å². The Morgan fingerprint density at radius 1 is 1.17 bits per heavy atom. The first-order chi connectivity index (χ1) is 11.0. The lowest BCUT2D eigenvalue weighted by atomic mass is 10.2. The highest BCUT2D eigenvalue weighted by Crippen LogP contribution is 2.27. The second-order valence-corrected chi connectivity index (χ2v) is 9.10. The average molecular weight is 377 g/mol. The number of nitrogens with zero attached hydrogens (tertiary/aromatic N) is 1. The molecule has 0 saturated carbocycles. The summed E-state index contributed by atoms with van der Waals surface area (Å²) in [5, 5.41) is 0. The van der Waals surface area contributed by atoms with Gasteiger partial charge in [0.15, 0.2) is 0 Å². The molecule has 0 amide bonds. The van der Waals surface area contributed by atoms with Crippen molar-refractivity contribution in [3.63, 3.8) is 0 Å². The van der Waals surface area contributed by atoms with Crippen LogP contribution < -0.4 is 0 Å². The van der Waals surface area contributed by atoms with Gasteiger partial charge >= 0.3 is 5.97 Å². The van der Waals surface area contributed by atoms with E-state index < -0.39 is 38.3 Å². The number of carbonyl (C=O) groups is 1. The van der Waals surface area contributed by atoms with Crippen LogP contribution in [0.5, 0.6) is 0 Å². The zero-order valence-corrected chi connectivity index (χ0v) is 15.1. The Labute approximate surface area is 141 Å². The zero-order valence-electron chi connectivity index (χ0n) is 13.5. The molecule has 1 aromatic rings. The molecule has 2 atom stereocenters. The molecule has 2 rings (SSSR count). The maximum atomic E-state index is 12.3. The first kappa shape index (κ1) is 18.8. The fourth-order valence-electron chi connectivity index (χ4n) is 2.49. The predicted octanol–water partition coefficient (Wildman–Crippen LogP) is 0.276. The van der Waals surface area contributed by atoms with E-state index in [0.717, 1.165) is 23.2 Å². The smallest absolute Gasteiger partial charge is 0.324 e. The lowest BCUT2D eigenvalue weighted by Crippen LogP contribution is -2.40. The van der Waals surface area contributed by atoms with Gasteiger partial charge in [-0.1, -0.05) is 17.7 Å². The minimum atomic E-state index is -4.06. The second kappa shape index (κ2) is 6.79. The Morgan fingerprint density at radius 3 is 2.25 bits per heavy atom. The highest BCUT2D eigenvalue weighted by Gasteiger charge is 2.44. The summed E-state index contributed by atoms with van der Waals surface area (Å²) >= 11 is 0. The van der Waals surface area contributed by atoms with Crippen molar-refractivity contribution in [2.45, 2.75) is 30.4 Å². The van der Waals surface area contributed by atoms with Gasteiger partial charge in [-0.2, -0.15) is 12.7 Å². The summed E-state index contributed by atoms with van der Waals surface area (Å²) in [6.07, 6.45) is -0.111. The predicted molar refractivity (Wildman–Crippen MR) is 85.2 cm³/mol. The minimum absolute atomic E-state index is 0.0273. The van der Waals surface area contributed by atoms with Gasteiger partial charge in [-0.25, -0.2) is 8.42 Å². The number of aryl methyl sites for hydroxylation is 1. The normalized spacial score (nSPS) is 22.5. The Kier molecular flexibility index (Phi) is 5.33. The number of esters is 1. The van der Waals surface area contributed by atoms with Gasteiger partial charge in [-0.3, -0.25) is 8.98 Å². The molecule has 1 fully saturated rings. The van der Waals surface area contributed by atoms with Crippen LogP contribution in [0.4, 0.5) is 0 Å². The molecular formula is C14H19NO7S2. The molecule has 0 bridgehead atoms. The summed E-state index contributed by atoms with van der Waals surface area (Å²) in [5.41, 5.74) is 0.892. The molecule has 1 aliphatic heterocycles. The average Bonchev–Trinajstić information content (AvgIpc) is 2.90. The van der Waals surface area contributed by atoms with Crippen LogP contribution >= 0.6 is 0 Å². The third-order valence-electron chi connectivity index (χ3n) is 3.69. The molecule has 0 spiro atoms. The summed E-state index contributed by atoms with van der Waals surface area (Å²) in [7, 11) is -6.63. The number of ether oxygens (including phenoxy) is 1. The van der Waals surface area contributed by atoms with E-state index in [9.17, 15) is 21.6 Å². The van der Waals surface area contributed by atoms with Crippen LogP contribution in [-0.2, 0) is 33.9 Å². The standard InChI is InChI=1S/C14H19NO7S2/c1-10-4-6-12(7-5-10)24(19,20)22-11-8-13(14(16)21-2)15(9-11)23(3,17)18/h4-7,11,13H,8-9H2,1-3H3/t11-,13+/m1/s1. The van der Waals surface area contributed by atoms with E-state index in [1.807, 2.05) is 6.92 Å². The van der Waals surface area contributed by atoms with Crippen molar-refractivity contribution in [1.29, 1.82) is 0 Å². The molecule has 1 aliphatic rings. The number of sulfonamides is 1. The van der Waals surface area contributed by atoms with Crippen molar-refractivity contribution < 1.29 is 30.6 Å². The van der Waals surface area contributed by atoms with Crippen LogP contribution in [0.2, 0.25) is 0 Å². The van der Waals surface area contributed by atoms with E-state index in [1.165, 1.54) is 12.1 Å². The van der Waals surface area contributed by atoms with Gasteiger partial charge in [-0.05, 0) is 19.1 Å². The van der Waals surface area contributed by atoms with Gasteiger partial charge in [0, 0.05) is 13.0 Å². The first-order valence-corrected chi connectivity index (χ1v) is 10.3. The molecule has 24 heavy (non-hydrogen) atoms. The van der Waals surface area contributed by atoms with Gasteiger partial charge in [-0.15, -0.1) is 0 Å². The van der Waals surface area contributed by atoms with Crippen molar-refractivity contribution in [2.24, 2.45) is 0 Å². The van der Waals surface area contributed by atoms with Gasteiger partial charge in [0.2, 0.25) is 10.0 Å². The van der Waals surface area contributed by atoms with Gasteiger partial charge in [0.25, 0.3) is 10.1 Å². The van der Waals surface area contributed by atoms with E-state index in [-0.39, 0.29) is 17.9 Å². The molecule has 0 N–H and O–H groups in total. The van der Waals surface area contributed by atoms with Crippen LogP contribution in [0.25, 0.3) is 0 Å². The quantitative estimate of drug-likeness (QED) is 0.536. The van der Waals surface area contributed by atoms with E-state index in [1.54, 1.807) is 12.1 Å². The molecular weight excluding hydrogens is 358 g/mol. The van der Waals surface area contributed by atoms with Crippen molar-refractivity contribution in [1.82, 2.24) is 4.31 Å². The summed E-state index contributed by atoms with van der Waals surface area (Å²) < 4.78 is 58.8. The third kappa shape index (κ3) is 4.12. The molecule has 0 aromatic heterocycles. The topological polar surface area (TPSA) is 107 Å². The monoisotopic (exact) mass is 377 g/mol. The van der Waals surface area contributed by atoms with Gasteiger partial charge < -0.3 is 4.74 Å². The first-order valence-electron chi connectivity index (χ1n) is 7.09. The van der Waals surface area contributed by atoms with Crippen LogP contribution in [0.3, 0.4) is 0 Å². The third-order valence-corrected chi connectivity index (χ3v) is 6.32. The van der Waals surface area contributed by atoms with Crippen LogP contribution in [0, 0.1) is 6.92 Å². The van der Waals surface area contributed by atoms with Crippen molar-refractivity contribution in [3.8, 4) is 0 Å². The highest BCUT2D eigenvalue weighted by molar-refractivity contribution is 7.88. The number of hydrogen-bond donors (Lipinski definition) is 0. The number of carbonyl (C=O) groups excluding carboxylic acids is 1. The molecule has 134 valence electrons. The molecule has 1 aromatic carbocycles. The Hall–Kier alpha value is -1.49. The van der Waals surface area contributed by atoms with Gasteiger partial charge in [0.05, 0.1) is 24.4 Å². The zero-order chi connectivity index (χ0) is 18.1. The molecule has 1 heterocycles. The largest absolute Gasteiger partial charge is 0.468 e. The maximum Gasteiger partial charge on any atom is 0.324 e. The van der Waals surface area contributed by atoms with Crippen molar-refractivity contribution in [3.05, 3.63) is 29.8 Å². The number of methoxy groups -OCH3 is 1. The van der Waals surface area contributed by atoms with Crippen LogP contribution in [-0.4, -0.2) is 59.2 Å². The van der Waals surface area contributed by atoms with Crippen LogP contribution in [0.15, 0.2) is 29.2 Å². The Morgan fingerprint density at radius 2 is 1.75 bits per heavy atom. The summed E-state index contributed by atoms with van der Waals surface area (Å²) in [5.74, 6) is -0.751. The molecule has 10 heteroatoms. The Balaban J connectivity index is 2.21. The highest BCUT2D eigenvalue weighted by atomic mass is 32.2. The molecule has 1 saturated heterocycles. The number of benzene rings is 1. The summed E-state index contributed by atoms with van der Waals surface area (Å²) in [6, 6.07) is 4.98. The van der Waals surface area contributed by atoms with E-state index in [4.69, 9.17) is 4.18 Å². The van der Waals surface area contributed by atoms with Crippen molar-refractivity contribution >= 4 is 26.1 Å². The lowest BCUT2D eigenvalue weighted by molar-refractivity contribution is -0.144. The summed E-state index contributed by atoms with van der Waals surface area (Å²) in [4.78, 5) is 11.7. The number of rotatable bonds is 5.